The van der Waals surface area contributed by atoms with E-state index in [0.717, 1.165) is 22.6 Å². The lowest BCUT2D eigenvalue weighted by molar-refractivity contribution is -0.131. The van der Waals surface area contributed by atoms with E-state index in [1.165, 1.54) is 0 Å². The van der Waals surface area contributed by atoms with E-state index >= 15 is 0 Å². The van der Waals surface area contributed by atoms with Crippen molar-refractivity contribution in [1.29, 1.82) is 0 Å². The number of amides is 1. The molecule has 0 N–H and O–H groups in total. The number of carbonyl (C=O) groups excluding carboxylic acids is 1. The molecule has 1 amide bonds. The van der Waals surface area contributed by atoms with Gasteiger partial charge >= 0.3 is 0 Å². The van der Waals surface area contributed by atoms with Crippen LogP contribution in [-0.2, 0) is 17.8 Å². The Hall–Kier alpha value is -3.35. The predicted octanol–water partition coefficient (Wildman–Crippen LogP) is 3.35. The molecule has 0 fully saturated rings. The third-order valence-electron chi connectivity index (χ3n) is 4.39. The van der Waals surface area contributed by atoms with Crippen LogP contribution in [0.2, 0.25) is 0 Å². The molecule has 0 aliphatic heterocycles. The van der Waals surface area contributed by atoms with E-state index in [-0.39, 0.29) is 12.5 Å². The summed E-state index contributed by atoms with van der Waals surface area (Å²) in [5.41, 5.74) is 1.75. The molecule has 3 rings (SSSR count). The van der Waals surface area contributed by atoms with E-state index < -0.39 is 0 Å². The monoisotopic (exact) mass is 381 g/mol. The zero-order valence-electron chi connectivity index (χ0n) is 16.2. The van der Waals surface area contributed by atoms with Crippen molar-refractivity contribution in [3.63, 3.8) is 0 Å². The molecule has 1 aromatic heterocycles. The van der Waals surface area contributed by atoms with Gasteiger partial charge in [-0.2, -0.15) is 4.98 Å². The Morgan fingerprint density at radius 1 is 1.00 bits per heavy atom. The summed E-state index contributed by atoms with van der Waals surface area (Å²) in [6, 6.07) is 14.9. The zero-order chi connectivity index (χ0) is 19.9. The number of carbonyl (C=O) groups is 1. The van der Waals surface area contributed by atoms with Crippen molar-refractivity contribution in [2.24, 2.45) is 0 Å². The summed E-state index contributed by atoms with van der Waals surface area (Å²) in [5.74, 6) is 2.40. The van der Waals surface area contributed by atoms with Crippen LogP contribution in [-0.4, -0.2) is 41.7 Å². The highest BCUT2D eigenvalue weighted by Crippen LogP contribution is 2.20. The van der Waals surface area contributed by atoms with E-state index in [9.17, 15) is 4.79 Å². The van der Waals surface area contributed by atoms with Crippen LogP contribution >= 0.6 is 0 Å². The molecule has 0 aliphatic rings. The van der Waals surface area contributed by atoms with Crippen molar-refractivity contribution >= 4 is 5.91 Å². The molecular formula is C21H23N3O4. The third kappa shape index (κ3) is 4.68. The van der Waals surface area contributed by atoms with Crippen LogP contribution in [0.15, 0.2) is 53.1 Å². The molecule has 7 nitrogen and oxygen atoms in total. The van der Waals surface area contributed by atoms with Gasteiger partial charge in [-0.1, -0.05) is 17.3 Å². The number of hydrogen-bond acceptors (Lipinski definition) is 6. The van der Waals surface area contributed by atoms with Gasteiger partial charge in [-0.3, -0.25) is 4.79 Å². The van der Waals surface area contributed by atoms with Crippen LogP contribution in [0.5, 0.6) is 11.5 Å². The van der Waals surface area contributed by atoms with Crippen LogP contribution in [0.1, 0.15) is 18.4 Å². The Labute approximate surface area is 163 Å². The molecule has 0 unspecified atom stereocenters. The SMILES string of the molecule is CCN(Cc1nc(-c2ccc(OC)cc2)no1)C(=O)Cc1ccc(OC)cc1. The van der Waals surface area contributed by atoms with Crippen molar-refractivity contribution < 1.29 is 18.8 Å². The average Bonchev–Trinajstić information content (AvgIpc) is 3.21. The first-order valence-corrected chi connectivity index (χ1v) is 9.00. The summed E-state index contributed by atoms with van der Waals surface area (Å²) in [4.78, 5) is 18.7. The van der Waals surface area contributed by atoms with E-state index in [1.54, 1.807) is 19.1 Å². The van der Waals surface area contributed by atoms with Crippen molar-refractivity contribution in [3.05, 3.63) is 60.0 Å². The number of methoxy groups -OCH3 is 2. The molecule has 146 valence electrons. The van der Waals surface area contributed by atoms with Crippen molar-refractivity contribution in [2.45, 2.75) is 19.9 Å². The molecule has 0 bridgehead atoms. The number of likely N-dealkylation sites (N-methyl/N-ethyl adjacent to an activating group) is 1. The van der Waals surface area contributed by atoms with Gasteiger partial charge in [0.15, 0.2) is 0 Å². The Morgan fingerprint density at radius 3 is 2.18 bits per heavy atom. The summed E-state index contributed by atoms with van der Waals surface area (Å²) in [5, 5.41) is 4.01. The van der Waals surface area contributed by atoms with Gasteiger partial charge in [0.1, 0.15) is 11.5 Å². The number of ether oxygens (including phenoxy) is 2. The van der Waals surface area contributed by atoms with Crippen LogP contribution < -0.4 is 9.47 Å². The van der Waals surface area contributed by atoms with Gasteiger partial charge < -0.3 is 18.9 Å². The second-order valence-electron chi connectivity index (χ2n) is 6.17. The maximum Gasteiger partial charge on any atom is 0.246 e. The minimum Gasteiger partial charge on any atom is -0.497 e. The number of aromatic nitrogens is 2. The lowest BCUT2D eigenvalue weighted by Crippen LogP contribution is -2.31. The molecule has 0 atom stereocenters. The summed E-state index contributed by atoms with van der Waals surface area (Å²) in [7, 11) is 3.23. The highest BCUT2D eigenvalue weighted by atomic mass is 16.5. The average molecular weight is 381 g/mol. The van der Waals surface area contributed by atoms with Crippen LogP contribution in [0.3, 0.4) is 0 Å². The van der Waals surface area contributed by atoms with Gasteiger partial charge in [0.05, 0.1) is 27.2 Å². The summed E-state index contributed by atoms with van der Waals surface area (Å²) in [6.07, 6.45) is 0.303. The molecule has 0 saturated heterocycles. The maximum absolute atomic E-state index is 12.6. The zero-order valence-corrected chi connectivity index (χ0v) is 16.2. The molecule has 0 spiro atoms. The summed E-state index contributed by atoms with van der Waals surface area (Å²) >= 11 is 0. The Balaban J connectivity index is 1.64. The summed E-state index contributed by atoms with van der Waals surface area (Å²) < 4.78 is 15.6. The second kappa shape index (κ2) is 9.03. The molecule has 0 aliphatic carbocycles. The predicted molar refractivity (Wildman–Crippen MR) is 104 cm³/mol. The quantitative estimate of drug-likeness (QED) is 0.595. The van der Waals surface area contributed by atoms with Gasteiger partial charge in [-0.05, 0) is 48.9 Å². The molecule has 0 saturated carbocycles. The molecule has 28 heavy (non-hydrogen) atoms. The van der Waals surface area contributed by atoms with Crippen LogP contribution in [0.4, 0.5) is 0 Å². The molecule has 3 aromatic rings. The van der Waals surface area contributed by atoms with Crippen LogP contribution in [0.25, 0.3) is 11.4 Å². The molecule has 0 radical (unpaired) electrons. The van der Waals surface area contributed by atoms with E-state index in [0.29, 0.717) is 24.7 Å². The van der Waals surface area contributed by atoms with Gasteiger partial charge in [0.2, 0.25) is 17.6 Å². The van der Waals surface area contributed by atoms with Gasteiger partial charge in [0, 0.05) is 12.1 Å². The topological polar surface area (TPSA) is 77.7 Å². The molecular weight excluding hydrogens is 358 g/mol. The Morgan fingerprint density at radius 2 is 1.61 bits per heavy atom. The lowest BCUT2D eigenvalue weighted by atomic mass is 10.1. The van der Waals surface area contributed by atoms with Crippen molar-refractivity contribution in [2.75, 3.05) is 20.8 Å². The smallest absolute Gasteiger partial charge is 0.246 e. The Kier molecular flexibility index (Phi) is 6.26. The summed E-state index contributed by atoms with van der Waals surface area (Å²) in [6.45, 7) is 2.75. The normalized spacial score (nSPS) is 10.5. The minimum absolute atomic E-state index is 0.00290. The minimum atomic E-state index is -0.00290. The number of hydrogen-bond donors (Lipinski definition) is 0. The third-order valence-corrected chi connectivity index (χ3v) is 4.39. The van der Waals surface area contributed by atoms with Gasteiger partial charge in [0.25, 0.3) is 0 Å². The van der Waals surface area contributed by atoms with Crippen LogP contribution in [0, 0.1) is 0 Å². The highest BCUT2D eigenvalue weighted by molar-refractivity contribution is 5.78. The Bertz CT molecular complexity index is 904. The maximum atomic E-state index is 12.6. The van der Waals surface area contributed by atoms with Gasteiger partial charge in [-0.15, -0.1) is 0 Å². The largest absolute Gasteiger partial charge is 0.497 e. The first-order chi connectivity index (χ1) is 13.6. The first-order valence-electron chi connectivity index (χ1n) is 9.00. The van der Waals surface area contributed by atoms with E-state index in [2.05, 4.69) is 10.1 Å². The van der Waals surface area contributed by atoms with E-state index in [4.69, 9.17) is 14.0 Å². The van der Waals surface area contributed by atoms with Crippen molar-refractivity contribution in [1.82, 2.24) is 15.0 Å². The fraction of sp³-hybridized carbons (Fsp3) is 0.286. The lowest BCUT2D eigenvalue weighted by Gasteiger charge is -2.18. The standard InChI is InChI=1S/C21H23N3O4/c1-4-24(20(25)13-15-5-9-17(26-2)10-6-15)14-19-22-21(23-28-19)16-7-11-18(27-3)12-8-16/h5-12H,4,13-14H2,1-3H3. The molecule has 7 heteroatoms. The second-order valence-corrected chi connectivity index (χ2v) is 6.17. The number of nitrogens with zero attached hydrogens (tertiary/aromatic N) is 3. The fourth-order valence-electron chi connectivity index (χ4n) is 2.75. The number of rotatable bonds is 8. The van der Waals surface area contributed by atoms with Gasteiger partial charge in [-0.25, -0.2) is 0 Å². The fourth-order valence-corrected chi connectivity index (χ4v) is 2.75. The van der Waals surface area contributed by atoms with Crippen molar-refractivity contribution in [3.8, 4) is 22.9 Å². The molecule has 2 aromatic carbocycles. The molecule has 1 heterocycles. The number of benzene rings is 2. The van der Waals surface area contributed by atoms with E-state index in [1.807, 2.05) is 55.5 Å². The highest BCUT2D eigenvalue weighted by Gasteiger charge is 2.17. The first kappa shape index (κ1) is 19.4.